The number of carbonyl (C=O) groups is 1. The lowest BCUT2D eigenvalue weighted by Gasteiger charge is -2.27. The third-order valence-electron chi connectivity index (χ3n) is 3.55. The van der Waals surface area contributed by atoms with Crippen LogP contribution in [-0.4, -0.2) is 37.1 Å². The van der Waals surface area contributed by atoms with E-state index in [0.29, 0.717) is 19.6 Å². The van der Waals surface area contributed by atoms with Crippen molar-refractivity contribution >= 4 is 21.8 Å². The molecule has 0 spiro atoms. The SMILES string of the molecule is COCCN1C(=O)CC(N)C1c1ccc(C)c(Br)c1. The van der Waals surface area contributed by atoms with Gasteiger partial charge in [-0.25, -0.2) is 0 Å². The maximum Gasteiger partial charge on any atom is 0.224 e. The van der Waals surface area contributed by atoms with Gasteiger partial charge in [0, 0.05) is 30.6 Å². The van der Waals surface area contributed by atoms with Gasteiger partial charge in [-0.3, -0.25) is 4.79 Å². The van der Waals surface area contributed by atoms with Gasteiger partial charge in [0.1, 0.15) is 0 Å². The van der Waals surface area contributed by atoms with Crippen molar-refractivity contribution in [1.29, 1.82) is 0 Å². The molecule has 2 N–H and O–H groups in total. The number of amides is 1. The van der Waals surface area contributed by atoms with Gasteiger partial charge in [0.05, 0.1) is 12.6 Å². The van der Waals surface area contributed by atoms with Crippen LogP contribution in [0.25, 0.3) is 0 Å². The number of methoxy groups -OCH3 is 1. The van der Waals surface area contributed by atoms with Crippen LogP contribution in [0.1, 0.15) is 23.6 Å². The number of nitrogens with two attached hydrogens (primary N) is 1. The molecule has 2 atom stereocenters. The molecule has 5 heteroatoms. The zero-order valence-corrected chi connectivity index (χ0v) is 12.8. The van der Waals surface area contributed by atoms with Crippen molar-refractivity contribution in [3.8, 4) is 0 Å². The largest absolute Gasteiger partial charge is 0.383 e. The fourth-order valence-electron chi connectivity index (χ4n) is 2.49. The van der Waals surface area contributed by atoms with Crippen LogP contribution in [0.4, 0.5) is 0 Å². The molecule has 0 bridgehead atoms. The Morgan fingerprint density at radius 1 is 1.53 bits per heavy atom. The van der Waals surface area contributed by atoms with Gasteiger partial charge < -0.3 is 15.4 Å². The van der Waals surface area contributed by atoms with E-state index in [1.807, 2.05) is 24.0 Å². The van der Waals surface area contributed by atoms with Crippen LogP contribution in [-0.2, 0) is 9.53 Å². The minimum absolute atomic E-state index is 0.0560. The first-order valence-electron chi connectivity index (χ1n) is 6.34. The molecule has 0 aliphatic carbocycles. The maximum absolute atomic E-state index is 12.0. The molecule has 1 amide bonds. The Morgan fingerprint density at radius 3 is 2.89 bits per heavy atom. The molecule has 2 rings (SSSR count). The van der Waals surface area contributed by atoms with Crippen LogP contribution in [0.15, 0.2) is 22.7 Å². The van der Waals surface area contributed by atoms with Crippen molar-refractivity contribution in [2.45, 2.75) is 25.4 Å². The van der Waals surface area contributed by atoms with E-state index < -0.39 is 0 Å². The van der Waals surface area contributed by atoms with Crippen LogP contribution < -0.4 is 5.73 Å². The first kappa shape index (κ1) is 14.5. The molecule has 104 valence electrons. The molecular formula is C14H19BrN2O2. The molecule has 4 nitrogen and oxygen atoms in total. The lowest BCUT2D eigenvalue weighted by molar-refractivity contribution is -0.129. The summed E-state index contributed by atoms with van der Waals surface area (Å²) in [6.45, 7) is 3.15. The molecule has 1 aromatic carbocycles. The Labute approximate surface area is 122 Å². The van der Waals surface area contributed by atoms with E-state index in [1.165, 1.54) is 5.56 Å². The van der Waals surface area contributed by atoms with Crippen molar-refractivity contribution in [3.63, 3.8) is 0 Å². The van der Waals surface area contributed by atoms with Crippen molar-refractivity contribution in [2.75, 3.05) is 20.3 Å². The lowest BCUT2D eigenvalue weighted by atomic mass is 10.00. The molecule has 19 heavy (non-hydrogen) atoms. The number of likely N-dealkylation sites (tertiary alicyclic amines) is 1. The van der Waals surface area contributed by atoms with Gasteiger partial charge in [0.15, 0.2) is 0 Å². The zero-order chi connectivity index (χ0) is 14.0. The number of aryl methyl sites for hydroxylation is 1. The van der Waals surface area contributed by atoms with Gasteiger partial charge in [0.2, 0.25) is 5.91 Å². The summed E-state index contributed by atoms with van der Waals surface area (Å²) in [5.41, 5.74) is 8.38. The quantitative estimate of drug-likeness (QED) is 0.920. The van der Waals surface area contributed by atoms with E-state index >= 15 is 0 Å². The fourth-order valence-corrected chi connectivity index (χ4v) is 2.89. The van der Waals surface area contributed by atoms with Crippen molar-refractivity contribution < 1.29 is 9.53 Å². The maximum atomic E-state index is 12.0. The molecule has 0 aromatic heterocycles. The lowest BCUT2D eigenvalue weighted by Crippen LogP contribution is -2.35. The van der Waals surface area contributed by atoms with E-state index in [0.717, 1.165) is 10.0 Å². The monoisotopic (exact) mass is 326 g/mol. The first-order valence-corrected chi connectivity index (χ1v) is 7.14. The average molecular weight is 327 g/mol. The number of hydrogen-bond donors (Lipinski definition) is 1. The second-order valence-corrected chi connectivity index (χ2v) is 5.76. The van der Waals surface area contributed by atoms with Crippen molar-refractivity contribution in [1.82, 2.24) is 4.90 Å². The molecule has 0 radical (unpaired) electrons. The minimum Gasteiger partial charge on any atom is -0.383 e. The van der Waals surface area contributed by atoms with Crippen LogP contribution in [0.5, 0.6) is 0 Å². The normalized spacial score (nSPS) is 23.2. The van der Waals surface area contributed by atoms with Crippen LogP contribution in [0.2, 0.25) is 0 Å². The molecular weight excluding hydrogens is 308 g/mol. The van der Waals surface area contributed by atoms with E-state index in [-0.39, 0.29) is 18.0 Å². The predicted octanol–water partition coefficient (Wildman–Crippen LogP) is 2.00. The predicted molar refractivity (Wildman–Crippen MR) is 77.8 cm³/mol. The summed E-state index contributed by atoms with van der Waals surface area (Å²) in [6, 6.07) is 5.93. The number of hydrogen-bond acceptors (Lipinski definition) is 3. The van der Waals surface area contributed by atoms with Gasteiger partial charge in [-0.05, 0) is 24.1 Å². The highest BCUT2D eigenvalue weighted by molar-refractivity contribution is 9.10. The highest BCUT2D eigenvalue weighted by Gasteiger charge is 2.38. The number of benzene rings is 1. The molecule has 0 saturated carbocycles. The zero-order valence-electron chi connectivity index (χ0n) is 11.2. The van der Waals surface area contributed by atoms with Crippen LogP contribution >= 0.6 is 15.9 Å². The fraction of sp³-hybridized carbons (Fsp3) is 0.500. The number of ether oxygens (including phenoxy) is 1. The second-order valence-electron chi connectivity index (χ2n) is 4.90. The molecule has 2 unspecified atom stereocenters. The number of rotatable bonds is 4. The number of nitrogens with zero attached hydrogens (tertiary/aromatic N) is 1. The van der Waals surface area contributed by atoms with E-state index in [9.17, 15) is 4.79 Å². The topological polar surface area (TPSA) is 55.6 Å². The molecule has 1 heterocycles. The summed E-state index contributed by atoms with van der Waals surface area (Å²) in [5, 5.41) is 0. The van der Waals surface area contributed by atoms with E-state index in [2.05, 4.69) is 22.0 Å². The summed E-state index contributed by atoms with van der Waals surface area (Å²) in [7, 11) is 1.64. The molecule has 1 saturated heterocycles. The Bertz CT molecular complexity index is 479. The van der Waals surface area contributed by atoms with Gasteiger partial charge in [0.25, 0.3) is 0 Å². The highest BCUT2D eigenvalue weighted by atomic mass is 79.9. The van der Waals surface area contributed by atoms with E-state index in [1.54, 1.807) is 7.11 Å². The molecule has 1 fully saturated rings. The highest BCUT2D eigenvalue weighted by Crippen LogP contribution is 2.33. The standard InChI is InChI=1S/C14H19BrN2O2/c1-9-3-4-10(7-11(9)15)14-12(16)8-13(18)17(14)5-6-19-2/h3-4,7,12,14H,5-6,8,16H2,1-2H3. The van der Waals surface area contributed by atoms with Gasteiger partial charge in [-0.15, -0.1) is 0 Å². The summed E-state index contributed by atoms with van der Waals surface area (Å²) in [4.78, 5) is 13.8. The van der Waals surface area contributed by atoms with Gasteiger partial charge in [-0.1, -0.05) is 28.1 Å². The number of halogens is 1. The molecule has 1 aromatic rings. The Kier molecular flexibility index (Phi) is 4.60. The summed E-state index contributed by atoms with van der Waals surface area (Å²) in [5.74, 6) is 0.103. The smallest absolute Gasteiger partial charge is 0.224 e. The molecule has 1 aliphatic heterocycles. The first-order chi connectivity index (χ1) is 9.04. The third kappa shape index (κ3) is 2.99. The van der Waals surface area contributed by atoms with E-state index in [4.69, 9.17) is 10.5 Å². The van der Waals surface area contributed by atoms with Crippen molar-refractivity contribution in [3.05, 3.63) is 33.8 Å². The summed E-state index contributed by atoms with van der Waals surface area (Å²) < 4.78 is 6.12. The third-order valence-corrected chi connectivity index (χ3v) is 4.40. The van der Waals surface area contributed by atoms with Gasteiger partial charge in [-0.2, -0.15) is 0 Å². The Morgan fingerprint density at radius 2 is 2.26 bits per heavy atom. The Hall–Kier alpha value is -0.910. The van der Waals surface area contributed by atoms with Crippen molar-refractivity contribution in [2.24, 2.45) is 5.73 Å². The summed E-state index contributed by atoms with van der Waals surface area (Å²) >= 11 is 3.53. The van der Waals surface area contributed by atoms with Gasteiger partial charge >= 0.3 is 0 Å². The van der Waals surface area contributed by atoms with Crippen LogP contribution in [0.3, 0.4) is 0 Å². The average Bonchev–Trinajstić information content (AvgIpc) is 2.65. The second kappa shape index (κ2) is 6.03. The van der Waals surface area contributed by atoms with Crippen LogP contribution in [0, 0.1) is 6.92 Å². The number of carbonyl (C=O) groups excluding carboxylic acids is 1. The minimum atomic E-state index is -0.154. The molecule has 1 aliphatic rings. The Balaban J connectivity index is 2.28. The summed E-state index contributed by atoms with van der Waals surface area (Å²) in [6.07, 6.45) is 0.403.